The van der Waals surface area contributed by atoms with Crippen LogP contribution in [0, 0.1) is 11.3 Å². The molecule has 0 aromatic heterocycles. The fourth-order valence-corrected chi connectivity index (χ4v) is 5.35. The first-order chi connectivity index (χ1) is 13.3. The number of benzene rings is 2. The van der Waals surface area contributed by atoms with Crippen molar-refractivity contribution in [3.63, 3.8) is 0 Å². The third-order valence-corrected chi connectivity index (χ3v) is 6.66. The van der Waals surface area contributed by atoms with Gasteiger partial charge in [-0.25, -0.2) is 0 Å². The van der Waals surface area contributed by atoms with E-state index in [0.29, 0.717) is 19.8 Å². The molecule has 142 valence electrons. The highest BCUT2D eigenvalue weighted by atomic mass is 32.2. The highest BCUT2D eigenvalue weighted by Crippen LogP contribution is 2.67. The van der Waals surface area contributed by atoms with Crippen molar-refractivity contribution >= 4 is 11.4 Å². The number of rotatable bonds is 7. The number of hydrogen-bond donors (Lipinski definition) is 0. The predicted octanol–water partition coefficient (Wildman–Crippen LogP) is 3.17. The second kappa shape index (κ2) is 7.11. The molecule has 1 saturated heterocycles. The molecule has 5 nitrogen and oxygen atoms in total. The van der Waals surface area contributed by atoms with E-state index in [-0.39, 0.29) is 29.6 Å². The van der Waals surface area contributed by atoms with Crippen LogP contribution in [0.2, 0.25) is 0 Å². The van der Waals surface area contributed by atoms with Crippen molar-refractivity contribution in [3.05, 3.63) is 71.8 Å². The van der Waals surface area contributed by atoms with Crippen LogP contribution in [0.1, 0.15) is 17.5 Å². The molecule has 2 aliphatic carbocycles. The van der Waals surface area contributed by atoms with Crippen LogP contribution in [-0.4, -0.2) is 29.1 Å². The summed E-state index contributed by atoms with van der Waals surface area (Å²) in [6.07, 6.45) is 0.346. The first-order valence-electron chi connectivity index (χ1n) is 9.29. The molecule has 6 heteroatoms. The first-order valence-corrected chi connectivity index (χ1v) is 10.3. The molecule has 1 aliphatic heterocycles. The van der Waals surface area contributed by atoms with Crippen LogP contribution in [0.15, 0.2) is 60.7 Å². The zero-order valence-electron chi connectivity index (χ0n) is 14.9. The predicted molar refractivity (Wildman–Crippen MR) is 99.5 cm³/mol. The molecule has 0 radical (unpaired) electrons. The fourth-order valence-electron chi connectivity index (χ4n) is 4.48. The molecule has 1 heterocycles. The van der Waals surface area contributed by atoms with E-state index in [1.165, 1.54) is 0 Å². The van der Waals surface area contributed by atoms with Gasteiger partial charge in [0, 0.05) is 11.3 Å². The molecule has 2 aromatic rings. The Labute approximate surface area is 161 Å². The van der Waals surface area contributed by atoms with Gasteiger partial charge in [0.25, 0.3) is 0 Å². The second-order valence-corrected chi connectivity index (χ2v) is 8.36. The smallest absolute Gasteiger partial charge is 0.305 e. The van der Waals surface area contributed by atoms with E-state index >= 15 is 0 Å². The van der Waals surface area contributed by atoms with Gasteiger partial charge in [0.05, 0.1) is 25.9 Å². The molecule has 27 heavy (non-hydrogen) atoms. The Balaban J connectivity index is 1.28. The lowest BCUT2D eigenvalue weighted by Crippen LogP contribution is -2.38. The summed E-state index contributed by atoms with van der Waals surface area (Å²) in [5, 5.41) is 0. The second-order valence-electron chi connectivity index (χ2n) is 7.57. The van der Waals surface area contributed by atoms with Gasteiger partial charge in [-0.1, -0.05) is 60.7 Å². The van der Waals surface area contributed by atoms with Crippen LogP contribution in [-0.2, 0) is 42.4 Å². The third kappa shape index (κ3) is 3.26. The van der Waals surface area contributed by atoms with E-state index in [1.54, 1.807) is 0 Å². The van der Waals surface area contributed by atoms with Gasteiger partial charge < -0.3 is 9.47 Å². The maximum atomic E-state index is 11.7. The van der Waals surface area contributed by atoms with Crippen molar-refractivity contribution in [2.45, 2.75) is 37.9 Å². The Morgan fingerprint density at radius 1 is 0.926 bits per heavy atom. The molecule has 3 aliphatic rings. The lowest BCUT2D eigenvalue weighted by Gasteiger charge is -2.27. The average molecular weight is 386 g/mol. The van der Waals surface area contributed by atoms with Gasteiger partial charge in [0.15, 0.2) is 0 Å². The van der Waals surface area contributed by atoms with Crippen LogP contribution in [0.3, 0.4) is 0 Å². The van der Waals surface area contributed by atoms with E-state index < -0.39 is 11.4 Å². The molecule has 2 saturated carbocycles. The Bertz CT molecular complexity index is 814. The molecule has 5 rings (SSSR count). The molecule has 6 atom stereocenters. The van der Waals surface area contributed by atoms with Crippen LogP contribution in [0.25, 0.3) is 0 Å². The Kier molecular flexibility index (Phi) is 4.61. The first kappa shape index (κ1) is 17.5. The van der Waals surface area contributed by atoms with Gasteiger partial charge in [-0.05, 0) is 17.5 Å². The Morgan fingerprint density at radius 2 is 1.56 bits per heavy atom. The van der Waals surface area contributed by atoms with Gasteiger partial charge >= 0.3 is 11.4 Å². The standard InChI is InChI=1S/C21H22O5S/c22-27-25-18-17-11-21(17,14-23-12-15-7-3-1-4-8-15)20(19(18)26-27)24-13-16-9-5-2-6-10-16/h1-10,17-20H,11-14H2/t17-,18+,19+,20+,21+,27?/m1/s1. The maximum absolute atomic E-state index is 11.7. The van der Waals surface area contributed by atoms with Gasteiger partial charge in [-0.15, -0.1) is 0 Å². The van der Waals surface area contributed by atoms with E-state index in [4.69, 9.17) is 17.8 Å². The molecule has 3 fully saturated rings. The summed E-state index contributed by atoms with van der Waals surface area (Å²) in [7, 11) is 0. The number of hydrogen-bond acceptors (Lipinski definition) is 5. The minimum Gasteiger partial charge on any atom is -0.376 e. The van der Waals surface area contributed by atoms with E-state index in [0.717, 1.165) is 17.5 Å². The van der Waals surface area contributed by atoms with Crippen molar-refractivity contribution in [1.29, 1.82) is 0 Å². The molecule has 0 amide bonds. The highest BCUT2D eigenvalue weighted by molar-refractivity contribution is 7.75. The zero-order chi connectivity index (χ0) is 18.3. The average Bonchev–Trinajstić information content (AvgIpc) is 3.20. The Morgan fingerprint density at radius 3 is 2.26 bits per heavy atom. The van der Waals surface area contributed by atoms with Crippen LogP contribution in [0.4, 0.5) is 0 Å². The van der Waals surface area contributed by atoms with Crippen LogP contribution in [0.5, 0.6) is 0 Å². The van der Waals surface area contributed by atoms with E-state index in [9.17, 15) is 4.21 Å². The van der Waals surface area contributed by atoms with E-state index in [2.05, 4.69) is 12.1 Å². The SMILES string of the molecule is O=S1O[C@@H]2[C@H](O1)[C@H](OCc1ccccc1)[C@]1(COCc3ccccc3)C[C@H]21. The van der Waals surface area contributed by atoms with Gasteiger partial charge in [0.2, 0.25) is 0 Å². The molecule has 0 bridgehead atoms. The molecular formula is C21H22O5S. The van der Waals surface area contributed by atoms with E-state index in [1.807, 2.05) is 48.5 Å². The maximum Gasteiger partial charge on any atom is 0.305 e. The Hall–Kier alpha value is -1.57. The molecule has 1 unspecified atom stereocenters. The third-order valence-electron chi connectivity index (χ3n) is 5.90. The van der Waals surface area contributed by atoms with Gasteiger partial charge in [-0.2, -0.15) is 4.21 Å². The summed E-state index contributed by atoms with van der Waals surface area (Å²) in [6, 6.07) is 20.2. The lowest BCUT2D eigenvalue weighted by molar-refractivity contribution is -0.0777. The van der Waals surface area contributed by atoms with Gasteiger partial charge in [0.1, 0.15) is 12.2 Å². The summed E-state index contributed by atoms with van der Waals surface area (Å²) in [5.41, 5.74) is 2.15. The highest BCUT2D eigenvalue weighted by Gasteiger charge is 2.75. The van der Waals surface area contributed by atoms with Crippen LogP contribution >= 0.6 is 0 Å². The topological polar surface area (TPSA) is 54.0 Å². The van der Waals surface area contributed by atoms with Crippen molar-refractivity contribution in [2.75, 3.05) is 6.61 Å². The quantitative estimate of drug-likeness (QED) is 0.732. The zero-order valence-corrected chi connectivity index (χ0v) is 15.7. The summed E-state index contributed by atoms with van der Waals surface area (Å²) < 4.78 is 35.1. The molecule has 0 spiro atoms. The summed E-state index contributed by atoms with van der Waals surface area (Å²) in [4.78, 5) is 0. The molecule has 0 N–H and O–H groups in total. The van der Waals surface area contributed by atoms with Crippen molar-refractivity contribution in [3.8, 4) is 0 Å². The monoisotopic (exact) mass is 386 g/mol. The lowest BCUT2D eigenvalue weighted by atomic mass is 10.00. The van der Waals surface area contributed by atoms with Crippen molar-refractivity contribution in [2.24, 2.45) is 11.3 Å². The summed E-state index contributed by atoms with van der Waals surface area (Å²) in [5.74, 6) is 0.283. The van der Waals surface area contributed by atoms with Gasteiger partial charge in [-0.3, -0.25) is 8.37 Å². The number of fused-ring (bicyclic) bond motifs is 3. The van der Waals surface area contributed by atoms with Crippen LogP contribution < -0.4 is 0 Å². The minimum atomic E-state index is -1.67. The number of ether oxygens (including phenoxy) is 2. The largest absolute Gasteiger partial charge is 0.376 e. The summed E-state index contributed by atoms with van der Waals surface area (Å²) in [6.45, 7) is 1.67. The minimum absolute atomic E-state index is 0.108. The molecular weight excluding hydrogens is 364 g/mol. The van der Waals surface area contributed by atoms with Crippen molar-refractivity contribution < 1.29 is 22.0 Å². The normalized spacial score (nSPS) is 36.4. The molecule has 2 aromatic carbocycles. The fraction of sp³-hybridized carbons (Fsp3) is 0.429. The summed E-state index contributed by atoms with van der Waals surface area (Å²) >= 11 is -1.67. The van der Waals surface area contributed by atoms with Crippen molar-refractivity contribution in [1.82, 2.24) is 0 Å².